The van der Waals surface area contributed by atoms with Gasteiger partial charge < -0.3 is 5.32 Å². The van der Waals surface area contributed by atoms with Gasteiger partial charge in [0.1, 0.15) is 0 Å². The summed E-state index contributed by atoms with van der Waals surface area (Å²) in [5.74, 6) is 0. The number of benzene rings is 1. The van der Waals surface area contributed by atoms with Crippen LogP contribution in [-0.4, -0.2) is 43.6 Å². The van der Waals surface area contributed by atoms with Gasteiger partial charge in [-0.25, -0.2) is 14.5 Å². The molecule has 1 heterocycles. The van der Waals surface area contributed by atoms with E-state index in [1.54, 1.807) is 24.3 Å². The number of amides is 2. The lowest BCUT2D eigenvalue weighted by atomic mass is 10.3. The molecule has 9 heteroatoms. The summed E-state index contributed by atoms with van der Waals surface area (Å²) < 4.78 is 1.82. The Hall–Kier alpha value is -2.26. The van der Waals surface area contributed by atoms with Gasteiger partial charge in [0.15, 0.2) is 0 Å². The Bertz CT molecular complexity index is 602. The third-order valence-corrected chi connectivity index (χ3v) is 2.41. The van der Waals surface area contributed by atoms with Crippen molar-refractivity contribution in [2.75, 3.05) is 12.4 Å². The highest BCUT2D eigenvalue weighted by atomic mass is 32.1. The smallest absolute Gasteiger partial charge is 0.306 e. The fourth-order valence-electron chi connectivity index (χ4n) is 1.26. The molecule has 8 nitrogen and oxygen atoms in total. The number of aromatic amines is 1. The van der Waals surface area contributed by atoms with Crippen LogP contribution in [0.15, 0.2) is 24.3 Å². The Morgan fingerprint density at radius 3 is 2.67 bits per heavy atom. The molecule has 0 atom stereocenters. The molecule has 18 heavy (non-hydrogen) atoms. The molecule has 0 aliphatic carbocycles. The Balaban J connectivity index is 2.18. The predicted octanol–water partition coefficient (Wildman–Crippen LogP) is 1.18. The maximum Gasteiger partial charge on any atom is 0.345 e. The number of tetrazole rings is 1. The summed E-state index contributed by atoms with van der Waals surface area (Å²) in [5.41, 5.74) is 1.28. The van der Waals surface area contributed by atoms with Gasteiger partial charge in [0.25, 0.3) is 0 Å². The molecular formula is C9H10N6O2S. The van der Waals surface area contributed by atoms with Gasteiger partial charge in [-0.1, -0.05) is 10.3 Å². The average Bonchev–Trinajstić information content (AvgIpc) is 2.76. The zero-order valence-corrected chi connectivity index (χ0v) is 10.2. The molecule has 0 spiro atoms. The lowest BCUT2D eigenvalue weighted by molar-refractivity contribution is -0.0118. The minimum absolute atomic E-state index is 0.307. The standard InChI is InChI=1S/C9H10N6O2S/c1-14(17)8(16)10-6-2-4-7(5-3-6)15-9(18)11-12-13-15/h2-5,17H,1H3,(H,10,16)(H,11,13,18). The predicted molar refractivity (Wildman–Crippen MR) is 65.1 cm³/mol. The molecule has 0 aliphatic heterocycles. The van der Waals surface area contributed by atoms with Gasteiger partial charge in [0.2, 0.25) is 4.77 Å². The van der Waals surface area contributed by atoms with Crippen molar-refractivity contribution in [1.82, 2.24) is 25.3 Å². The van der Waals surface area contributed by atoms with Gasteiger partial charge in [0.05, 0.1) is 5.69 Å². The maximum atomic E-state index is 11.2. The van der Waals surface area contributed by atoms with Crippen LogP contribution in [0, 0.1) is 4.77 Å². The number of hydroxylamine groups is 2. The summed E-state index contributed by atoms with van der Waals surface area (Å²) >= 11 is 4.95. The van der Waals surface area contributed by atoms with E-state index in [9.17, 15) is 4.79 Å². The molecule has 0 fully saturated rings. The number of carbonyl (C=O) groups is 1. The van der Waals surface area contributed by atoms with E-state index in [1.807, 2.05) is 0 Å². The summed E-state index contributed by atoms with van der Waals surface area (Å²) in [6.45, 7) is 0. The molecule has 1 aromatic carbocycles. The van der Waals surface area contributed by atoms with Gasteiger partial charge in [-0.3, -0.25) is 5.21 Å². The normalized spacial score (nSPS) is 10.1. The number of urea groups is 1. The zero-order valence-electron chi connectivity index (χ0n) is 9.36. The van der Waals surface area contributed by atoms with Crippen LogP contribution >= 0.6 is 12.2 Å². The fraction of sp³-hybridized carbons (Fsp3) is 0.111. The van der Waals surface area contributed by atoms with Crippen molar-refractivity contribution in [1.29, 1.82) is 0 Å². The highest BCUT2D eigenvalue weighted by Crippen LogP contribution is 2.12. The van der Waals surface area contributed by atoms with E-state index in [0.717, 1.165) is 5.69 Å². The van der Waals surface area contributed by atoms with E-state index >= 15 is 0 Å². The van der Waals surface area contributed by atoms with Crippen LogP contribution in [0.25, 0.3) is 5.69 Å². The Labute approximate surface area is 107 Å². The molecule has 0 saturated carbocycles. The summed E-state index contributed by atoms with van der Waals surface area (Å²) in [4.78, 5) is 11.2. The number of rotatable bonds is 2. The summed E-state index contributed by atoms with van der Waals surface area (Å²) in [6.07, 6.45) is 0. The van der Waals surface area contributed by atoms with Crippen LogP contribution in [-0.2, 0) is 0 Å². The fourth-order valence-corrected chi connectivity index (χ4v) is 1.45. The second-order valence-electron chi connectivity index (χ2n) is 3.42. The van der Waals surface area contributed by atoms with Gasteiger partial charge in [0, 0.05) is 12.7 Å². The molecule has 2 aromatic rings. The number of H-pyrrole nitrogens is 1. The molecule has 0 unspecified atom stereocenters. The Morgan fingerprint density at radius 2 is 2.17 bits per heavy atom. The maximum absolute atomic E-state index is 11.2. The molecule has 1 aromatic heterocycles. The summed E-state index contributed by atoms with van der Waals surface area (Å²) in [6, 6.07) is 6.16. The minimum Gasteiger partial charge on any atom is -0.306 e. The summed E-state index contributed by atoms with van der Waals surface area (Å²) in [5, 5.41) is 21.7. The van der Waals surface area contributed by atoms with Crippen molar-refractivity contribution in [3.05, 3.63) is 29.0 Å². The molecule has 0 bridgehead atoms. The number of carbonyl (C=O) groups excluding carboxylic acids is 1. The number of nitrogens with one attached hydrogen (secondary N) is 2. The first-order valence-electron chi connectivity index (χ1n) is 4.92. The number of nitrogens with zero attached hydrogens (tertiary/aromatic N) is 4. The quantitative estimate of drug-likeness (QED) is 0.430. The molecule has 0 radical (unpaired) electrons. The van der Waals surface area contributed by atoms with E-state index < -0.39 is 6.03 Å². The minimum atomic E-state index is -0.623. The molecular weight excluding hydrogens is 256 g/mol. The topological polar surface area (TPSA) is 99.1 Å². The Kier molecular flexibility index (Phi) is 3.35. The number of anilines is 1. The van der Waals surface area contributed by atoms with Gasteiger partial charge in [-0.2, -0.15) is 5.21 Å². The summed E-state index contributed by atoms with van der Waals surface area (Å²) in [7, 11) is 1.24. The second-order valence-corrected chi connectivity index (χ2v) is 3.78. The highest BCUT2D eigenvalue weighted by molar-refractivity contribution is 7.71. The van der Waals surface area contributed by atoms with Crippen molar-refractivity contribution >= 4 is 23.9 Å². The second kappa shape index (κ2) is 4.94. The van der Waals surface area contributed by atoms with E-state index in [-0.39, 0.29) is 0 Å². The molecule has 0 saturated heterocycles. The van der Waals surface area contributed by atoms with Crippen molar-refractivity contribution in [3.8, 4) is 5.69 Å². The lowest BCUT2D eigenvalue weighted by Gasteiger charge is -2.10. The first-order valence-corrected chi connectivity index (χ1v) is 5.33. The van der Waals surface area contributed by atoms with E-state index in [0.29, 0.717) is 15.5 Å². The number of hydrogen-bond acceptors (Lipinski definition) is 5. The van der Waals surface area contributed by atoms with E-state index in [2.05, 4.69) is 20.8 Å². The zero-order chi connectivity index (χ0) is 13.1. The van der Waals surface area contributed by atoms with Gasteiger partial charge in [-0.05, 0) is 36.5 Å². The lowest BCUT2D eigenvalue weighted by Crippen LogP contribution is -2.27. The van der Waals surface area contributed by atoms with Crippen LogP contribution < -0.4 is 5.32 Å². The van der Waals surface area contributed by atoms with Crippen molar-refractivity contribution in [2.24, 2.45) is 0 Å². The van der Waals surface area contributed by atoms with E-state index in [1.165, 1.54) is 11.7 Å². The first-order chi connectivity index (χ1) is 8.58. The molecule has 2 rings (SSSR count). The SMILES string of the molecule is CN(O)C(=O)Nc1ccc(-n2[nH]nnc2=S)cc1. The Morgan fingerprint density at radius 1 is 1.50 bits per heavy atom. The monoisotopic (exact) mass is 266 g/mol. The van der Waals surface area contributed by atoms with Crippen LogP contribution in [0.3, 0.4) is 0 Å². The third kappa shape index (κ3) is 2.52. The molecule has 3 N–H and O–H groups in total. The van der Waals surface area contributed by atoms with Crippen LogP contribution in [0.1, 0.15) is 0 Å². The number of aromatic nitrogens is 4. The van der Waals surface area contributed by atoms with Crippen molar-refractivity contribution in [2.45, 2.75) is 0 Å². The van der Waals surface area contributed by atoms with Crippen LogP contribution in [0.2, 0.25) is 0 Å². The van der Waals surface area contributed by atoms with Crippen LogP contribution in [0.4, 0.5) is 10.5 Å². The highest BCUT2D eigenvalue weighted by Gasteiger charge is 2.05. The molecule has 94 valence electrons. The van der Waals surface area contributed by atoms with Gasteiger partial charge in [-0.15, -0.1) is 0 Å². The average molecular weight is 266 g/mol. The first kappa shape index (κ1) is 12.2. The van der Waals surface area contributed by atoms with Crippen molar-refractivity contribution < 1.29 is 10.0 Å². The van der Waals surface area contributed by atoms with Crippen LogP contribution in [0.5, 0.6) is 0 Å². The van der Waals surface area contributed by atoms with Gasteiger partial charge >= 0.3 is 6.03 Å². The van der Waals surface area contributed by atoms with E-state index in [4.69, 9.17) is 17.4 Å². The molecule has 2 amide bonds. The molecule has 0 aliphatic rings. The van der Waals surface area contributed by atoms with Crippen molar-refractivity contribution in [3.63, 3.8) is 0 Å². The number of hydrogen-bond donors (Lipinski definition) is 3. The third-order valence-electron chi connectivity index (χ3n) is 2.14. The largest absolute Gasteiger partial charge is 0.345 e.